The summed E-state index contributed by atoms with van der Waals surface area (Å²) in [6.07, 6.45) is 1.32. The molecule has 5 nitrogen and oxygen atoms in total. The predicted molar refractivity (Wildman–Crippen MR) is 75.9 cm³/mol. The zero-order valence-corrected chi connectivity index (χ0v) is 12.8. The van der Waals surface area contributed by atoms with Crippen molar-refractivity contribution in [2.45, 2.75) is 46.3 Å². The molecule has 2 rings (SSSR count). The first kappa shape index (κ1) is 14.6. The smallest absolute Gasteiger partial charge is 0.410 e. The fourth-order valence-corrected chi connectivity index (χ4v) is 2.59. The summed E-state index contributed by atoms with van der Waals surface area (Å²) in [5.41, 5.74) is 3.33. The van der Waals surface area contributed by atoms with Crippen molar-refractivity contribution in [1.82, 2.24) is 9.47 Å². The van der Waals surface area contributed by atoms with Crippen LogP contribution >= 0.6 is 0 Å². The first-order valence-electron chi connectivity index (χ1n) is 6.84. The molecule has 0 radical (unpaired) electrons. The van der Waals surface area contributed by atoms with Crippen LogP contribution in [0.2, 0.25) is 0 Å². The molecule has 1 aliphatic rings. The lowest BCUT2D eigenvalue weighted by molar-refractivity contribution is 0.0219. The summed E-state index contributed by atoms with van der Waals surface area (Å²) in [6.45, 7) is 8.59. The number of carbonyl (C=O) groups excluding carboxylic acids is 2. The van der Waals surface area contributed by atoms with Crippen molar-refractivity contribution in [1.29, 1.82) is 0 Å². The second kappa shape index (κ2) is 4.96. The van der Waals surface area contributed by atoms with Gasteiger partial charge in [0.25, 0.3) is 0 Å². The van der Waals surface area contributed by atoms with Crippen molar-refractivity contribution in [2.24, 2.45) is 7.05 Å². The van der Waals surface area contributed by atoms with Crippen LogP contribution in [-0.4, -0.2) is 34.0 Å². The Morgan fingerprint density at radius 2 is 2.00 bits per heavy atom. The molecule has 0 aliphatic carbocycles. The normalized spacial score (nSPS) is 14.9. The minimum absolute atomic E-state index is 0.297. The average Bonchev–Trinajstić information content (AvgIpc) is 2.59. The van der Waals surface area contributed by atoms with Gasteiger partial charge < -0.3 is 14.2 Å². The van der Waals surface area contributed by atoms with Crippen LogP contribution in [0.4, 0.5) is 4.79 Å². The Kier molecular flexibility index (Phi) is 3.63. The molecular formula is C15H22N2O3. The average molecular weight is 278 g/mol. The van der Waals surface area contributed by atoms with Crippen LogP contribution in [0, 0.1) is 6.92 Å². The third-order valence-electron chi connectivity index (χ3n) is 3.71. The van der Waals surface area contributed by atoms with E-state index >= 15 is 0 Å². The summed E-state index contributed by atoms with van der Waals surface area (Å²) in [7, 11) is 1.93. The topological polar surface area (TPSA) is 51.5 Å². The van der Waals surface area contributed by atoms with E-state index in [4.69, 9.17) is 4.74 Å². The lowest BCUT2D eigenvalue weighted by Gasteiger charge is -2.30. The summed E-state index contributed by atoms with van der Waals surface area (Å²) in [6, 6.07) is 0. The molecule has 1 aliphatic heterocycles. The number of hydrogen-bond donors (Lipinski definition) is 0. The summed E-state index contributed by atoms with van der Waals surface area (Å²) < 4.78 is 7.40. The fourth-order valence-electron chi connectivity index (χ4n) is 2.59. The van der Waals surface area contributed by atoms with Crippen molar-refractivity contribution in [3.63, 3.8) is 0 Å². The Balaban J connectivity index is 2.24. The minimum Gasteiger partial charge on any atom is -0.444 e. The standard InChI is InChI=1S/C15H22N2O3/c1-10-12(9-18)11-6-7-17(8-13(11)16(10)5)14(19)20-15(2,3)4/h9H,6-8H2,1-5H3. The zero-order valence-electron chi connectivity index (χ0n) is 12.8. The fraction of sp³-hybridized carbons (Fsp3) is 0.600. The second-order valence-corrected chi connectivity index (χ2v) is 6.25. The summed E-state index contributed by atoms with van der Waals surface area (Å²) in [4.78, 5) is 25.0. The van der Waals surface area contributed by atoms with Crippen LogP contribution in [0.15, 0.2) is 0 Å². The van der Waals surface area contributed by atoms with E-state index in [2.05, 4.69) is 0 Å². The molecule has 5 heteroatoms. The highest BCUT2D eigenvalue weighted by molar-refractivity contribution is 5.80. The molecule has 0 unspecified atom stereocenters. The van der Waals surface area contributed by atoms with E-state index in [1.807, 2.05) is 39.3 Å². The molecule has 1 aromatic rings. The molecule has 0 spiro atoms. The lowest BCUT2D eigenvalue weighted by Crippen LogP contribution is -2.40. The third-order valence-corrected chi connectivity index (χ3v) is 3.71. The monoisotopic (exact) mass is 278 g/mol. The largest absolute Gasteiger partial charge is 0.444 e. The Morgan fingerprint density at radius 3 is 2.55 bits per heavy atom. The van der Waals surface area contributed by atoms with Gasteiger partial charge in [0.1, 0.15) is 5.60 Å². The molecule has 0 saturated heterocycles. The van der Waals surface area contributed by atoms with Gasteiger partial charge in [-0.2, -0.15) is 0 Å². The Bertz CT molecular complexity index is 552. The number of fused-ring (bicyclic) bond motifs is 1. The summed E-state index contributed by atoms with van der Waals surface area (Å²) in [5, 5.41) is 0. The van der Waals surface area contributed by atoms with Crippen molar-refractivity contribution in [3.8, 4) is 0 Å². The van der Waals surface area contributed by atoms with Crippen LogP contribution in [0.1, 0.15) is 48.1 Å². The Hall–Kier alpha value is -1.78. The van der Waals surface area contributed by atoms with Crippen molar-refractivity contribution >= 4 is 12.4 Å². The van der Waals surface area contributed by atoms with Gasteiger partial charge in [-0.1, -0.05) is 0 Å². The van der Waals surface area contributed by atoms with Crippen LogP contribution in [0.25, 0.3) is 0 Å². The summed E-state index contributed by atoms with van der Waals surface area (Å²) >= 11 is 0. The van der Waals surface area contributed by atoms with E-state index < -0.39 is 5.60 Å². The van der Waals surface area contributed by atoms with Gasteiger partial charge in [0, 0.05) is 30.5 Å². The van der Waals surface area contributed by atoms with Crippen LogP contribution in [0.5, 0.6) is 0 Å². The first-order valence-corrected chi connectivity index (χ1v) is 6.84. The highest BCUT2D eigenvalue weighted by Crippen LogP contribution is 2.27. The maximum Gasteiger partial charge on any atom is 0.410 e. The molecule has 1 aromatic heterocycles. The molecular weight excluding hydrogens is 256 g/mol. The molecule has 20 heavy (non-hydrogen) atoms. The quantitative estimate of drug-likeness (QED) is 0.741. The maximum absolute atomic E-state index is 12.1. The van der Waals surface area contributed by atoms with Crippen molar-refractivity contribution in [3.05, 3.63) is 22.5 Å². The van der Waals surface area contributed by atoms with Crippen LogP contribution in [-0.2, 0) is 24.8 Å². The molecule has 110 valence electrons. The molecule has 0 N–H and O–H groups in total. The number of aldehydes is 1. The van der Waals surface area contributed by atoms with Crippen LogP contribution < -0.4 is 0 Å². The molecule has 0 aromatic carbocycles. The number of rotatable bonds is 1. The highest BCUT2D eigenvalue weighted by atomic mass is 16.6. The van der Waals surface area contributed by atoms with Gasteiger partial charge in [-0.25, -0.2) is 4.79 Å². The second-order valence-electron chi connectivity index (χ2n) is 6.25. The zero-order chi connectivity index (χ0) is 15.1. The van der Waals surface area contributed by atoms with Crippen molar-refractivity contribution in [2.75, 3.05) is 6.54 Å². The number of carbonyl (C=O) groups is 2. The summed E-state index contributed by atoms with van der Waals surface area (Å²) in [5.74, 6) is 0. The Labute approximate surface area is 119 Å². The number of aromatic nitrogens is 1. The molecule has 1 amide bonds. The highest BCUT2D eigenvalue weighted by Gasteiger charge is 2.29. The number of amides is 1. The Morgan fingerprint density at radius 1 is 1.35 bits per heavy atom. The molecule has 2 heterocycles. The SMILES string of the molecule is Cc1c(C=O)c2c(n1C)CN(C(=O)OC(C)(C)C)CC2. The van der Waals surface area contributed by atoms with Gasteiger partial charge >= 0.3 is 6.09 Å². The van der Waals surface area contributed by atoms with Crippen molar-refractivity contribution < 1.29 is 14.3 Å². The molecule has 0 saturated carbocycles. The lowest BCUT2D eigenvalue weighted by atomic mass is 10.0. The van der Waals surface area contributed by atoms with E-state index in [1.54, 1.807) is 4.90 Å². The predicted octanol–water partition coefficient (Wildman–Crippen LogP) is 2.44. The maximum atomic E-state index is 12.1. The van der Waals surface area contributed by atoms with Gasteiger partial charge in [-0.3, -0.25) is 4.79 Å². The van der Waals surface area contributed by atoms with Gasteiger partial charge in [-0.15, -0.1) is 0 Å². The van der Waals surface area contributed by atoms with Crippen LogP contribution in [0.3, 0.4) is 0 Å². The number of ether oxygens (including phenoxy) is 1. The van der Waals surface area contributed by atoms with E-state index in [9.17, 15) is 9.59 Å². The minimum atomic E-state index is -0.491. The van der Waals surface area contributed by atoms with E-state index in [0.717, 1.165) is 28.8 Å². The molecule has 0 fully saturated rings. The van der Waals surface area contributed by atoms with Gasteiger partial charge in [-0.05, 0) is 39.7 Å². The number of hydrogen-bond acceptors (Lipinski definition) is 3. The van der Waals surface area contributed by atoms with Gasteiger partial charge in [0.15, 0.2) is 6.29 Å². The molecule has 0 atom stereocenters. The van der Waals surface area contributed by atoms with E-state index in [-0.39, 0.29) is 6.09 Å². The third kappa shape index (κ3) is 2.57. The van der Waals surface area contributed by atoms with Gasteiger partial charge in [0.05, 0.1) is 6.54 Å². The van der Waals surface area contributed by atoms with E-state index in [0.29, 0.717) is 19.5 Å². The first-order chi connectivity index (χ1) is 9.24. The number of nitrogens with zero attached hydrogens (tertiary/aromatic N) is 2. The van der Waals surface area contributed by atoms with Gasteiger partial charge in [0.2, 0.25) is 0 Å². The molecule has 0 bridgehead atoms. The van der Waals surface area contributed by atoms with E-state index in [1.165, 1.54) is 0 Å².